The zero-order valence-electron chi connectivity index (χ0n) is 18.1. The van der Waals surface area contributed by atoms with Crippen LogP contribution < -0.4 is 20.4 Å². The Morgan fingerprint density at radius 3 is 0.621 bits per heavy atom. The van der Waals surface area contributed by atoms with Crippen molar-refractivity contribution in [1.29, 1.82) is 0 Å². The van der Waals surface area contributed by atoms with Gasteiger partial charge in [-0.3, -0.25) is 0 Å². The monoisotopic (exact) mass is 597 g/mol. The van der Waals surface area contributed by atoms with Crippen LogP contribution in [-0.2, 0) is 39.3 Å². The molecule has 0 fully saturated rings. The Bertz CT molecular complexity index is 315. The van der Waals surface area contributed by atoms with Crippen LogP contribution in [0.5, 0.6) is 0 Å². The third-order valence-corrected chi connectivity index (χ3v) is 2.94. The number of carbonyl (C=O) groups is 4. The predicted octanol–water partition coefficient (Wildman–Crippen LogP) is -0.296. The van der Waals surface area contributed by atoms with Crippen LogP contribution in [0, 0.1) is 0 Å². The Kier molecular flexibility index (Phi) is 44.8. The van der Waals surface area contributed by atoms with Crippen molar-refractivity contribution in [3.8, 4) is 0 Å². The quantitative estimate of drug-likeness (QED) is 0.297. The number of carboxylic acids is 4. The van der Waals surface area contributed by atoms with Crippen LogP contribution >= 0.6 is 0 Å². The molecule has 0 aliphatic carbocycles. The fraction of sp³-hybridized carbons (Fsp3) is 0.800. The predicted molar refractivity (Wildman–Crippen MR) is 98.1 cm³/mol. The van der Waals surface area contributed by atoms with E-state index in [1.54, 1.807) is 0 Å². The zero-order chi connectivity index (χ0) is 22.8. The van der Waals surface area contributed by atoms with Crippen LogP contribution in [0.3, 0.4) is 0 Å². The Labute approximate surface area is 188 Å². The molecule has 0 amide bonds. The molecule has 0 aromatic carbocycles. The van der Waals surface area contributed by atoms with Gasteiger partial charge in [-0.2, -0.15) is 0 Å². The molecule has 0 atom stereocenters. The second-order valence-corrected chi connectivity index (χ2v) is 5.90. The van der Waals surface area contributed by atoms with Crippen molar-refractivity contribution in [3.63, 3.8) is 0 Å². The maximum atomic E-state index is 9.65. The van der Waals surface area contributed by atoms with E-state index in [0.717, 1.165) is 51.4 Å². The molecule has 0 aromatic heterocycles. The number of carbonyl (C=O) groups excluding carboxylic acids is 4. The van der Waals surface area contributed by atoms with Gasteiger partial charge in [0.15, 0.2) is 0 Å². The summed E-state index contributed by atoms with van der Waals surface area (Å²) >= 11 is 0. The summed E-state index contributed by atoms with van der Waals surface area (Å²) < 4.78 is 0. The van der Waals surface area contributed by atoms with Crippen LogP contribution in [0.25, 0.3) is 0 Å². The summed E-state index contributed by atoms with van der Waals surface area (Å²) in [6.07, 6.45) is 7.47. The van der Waals surface area contributed by atoms with Gasteiger partial charge in [0.1, 0.15) is 0 Å². The first-order valence-corrected chi connectivity index (χ1v) is 9.88. The second-order valence-electron chi connectivity index (χ2n) is 5.90. The number of rotatable bonds is 12. The van der Waals surface area contributed by atoms with Gasteiger partial charge in [-0.25, -0.2) is 0 Å². The molecule has 177 valence electrons. The van der Waals surface area contributed by atoms with Crippen molar-refractivity contribution < 1.29 is 59.7 Å². The van der Waals surface area contributed by atoms with Crippen molar-refractivity contribution >= 4 is 23.9 Å². The summed E-state index contributed by atoms with van der Waals surface area (Å²) in [5.74, 6) is -3.77. The minimum atomic E-state index is -0.943. The standard InChI is InChI=1S/4C5H10O2.Ir/c4*1-2-3-4-5(6)7;/h4*2-4H2,1H3,(H,6,7);/p-4. The largest absolute Gasteiger partial charge is 0.550 e. The Balaban J connectivity index is -0.0000000873. The van der Waals surface area contributed by atoms with Crippen molar-refractivity contribution in [2.24, 2.45) is 0 Å². The van der Waals surface area contributed by atoms with Gasteiger partial charge in [0.05, 0.1) is 0 Å². The normalized spacial score (nSPS) is 8.41. The van der Waals surface area contributed by atoms with E-state index in [4.69, 9.17) is 0 Å². The minimum absolute atomic E-state index is 0. The summed E-state index contributed by atoms with van der Waals surface area (Å²) in [6.45, 7) is 7.79. The summed E-state index contributed by atoms with van der Waals surface area (Å²) in [6, 6.07) is 0. The van der Waals surface area contributed by atoms with Crippen molar-refractivity contribution in [1.82, 2.24) is 0 Å². The van der Waals surface area contributed by atoms with Crippen LogP contribution in [0.4, 0.5) is 0 Å². The summed E-state index contributed by atoms with van der Waals surface area (Å²) in [4.78, 5) is 38.6. The summed E-state index contributed by atoms with van der Waals surface area (Å²) in [5.41, 5.74) is 0. The van der Waals surface area contributed by atoms with Gasteiger partial charge in [0.2, 0.25) is 0 Å². The van der Waals surface area contributed by atoms with Crippen LogP contribution in [-0.4, -0.2) is 23.9 Å². The number of unbranched alkanes of at least 4 members (excludes halogenated alkanes) is 4. The maximum Gasteiger partial charge on any atom is 0.0414 e. The van der Waals surface area contributed by atoms with E-state index in [1.807, 2.05) is 27.7 Å². The molecule has 0 heterocycles. The molecule has 0 saturated carbocycles. The number of hydrogen-bond donors (Lipinski definition) is 0. The third-order valence-electron chi connectivity index (χ3n) is 2.94. The molecule has 9 heteroatoms. The van der Waals surface area contributed by atoms with Crippen molar-refractivity contribution in [2.45, 2.75) is 105 Å². The summed E-state index contributed by atoms with van der Waals surface area (Å²) in [5, 5.41) is 38.6. The zero-order valence-corrected chi connectivity index (χ0v) is 20.5. The molecule has 8 nitrogen and oxygen atoms in total. The Hall–Kier alpha value is -1.47. The summed E-state index contributed by atoms with van der Waals surface area (Å²) in [7, 11) is 0. The average molecular weight is 597 g/mol. The van der Waals surface area contributed by atoms with E-state index in [2.05, 4.69) is 0 Å². The number of carboxylic acid groups (broad SMARTS) is 4. The van der Waals surface area contributed by atoms with Crippen molar-refractivity contribution in [2.75, 3.05) is 0 Å². The SMILES string of the molecule is CCCCC(=O)[O-].CCCCC(=O)[O-].CCCCC(=O)[O-].CCCCC(=O)[O-].[Ir]. The molecule has 29 heavy (non-hydrogen) atoms. The van der Waals surface area contributed by atoms with E-state index in [1.165, 1.54) is 0 Å². The molecule has 0 N–H and O–H groups in total. The van der Waals surface area contributed by atoms with Crippen LogP contribution in [0.2, 0.25) is 0 Å². The third kappa shape index (κ3) is 75.6. The van der Waals surface area contributed by atoms with E-state index in [0.29, 0.717) is 0 Å². The topological polar surface area (TPSA) is 161 Å². The van der Waals surface area contributed by atoms with E-state index in [9.17, 15) is 39.6 Å². The first kappa shape index (κ1) is 38.2. The fourth-order valence-corrected chi connectivity index (χ4v) is 1.28. The Morgan fingerprint density at radius 1 is 0.448 bits per heavy atom. The molecule has 0 bridgehead atoms. The molecule has 0 spiro atoms. The molecule has 1 radical (unpaired) electrons. The van der Waals surface area contributed by atoms with E-state index in [-0.39, 0.29) is 45.8 Å². The molecule has 0 unspecified atom stereocenters. The molecule has 0 aliphatic heterocycles. The molecule has 0 aliphatic rings. The minimum Gasteiger partial charge on any atom is -0.550 e. The van der Waals surface area contributed by atoms with Gasteiger partial charge in [0, 0.05) is 44.0 Å². The smallest absolute Gasteiger partial charge is 0.0414 e. The molecule has 0 saturated heterocycles. The molecular weight excluding hydrogens is 560 g/mol. The van der Waals surface area contributed by atoms with Gasteiger partial charge < -0.3 is 39.6 Å². The van der Waals surface area contributed by atoms with E-state index < -0.39 is 23.9 Å². The average Bonchev–Trinajstić information content (AvgIpc) is 2.62. The van der Waals surface area contributed by atoms with Gasteiger partial charge in [0.25, 0.3) is 0 Å². The van der Waals surface area contributed by atoms with Crippen LogP contribution in [0.15, 0.2) is 0 Å². The van der Waals surface area contributed by atoms with Gasteiger partial charge in [-0.1, -0.05) is 53.4 Å². The molecule has 0 rings (SSSR count). The van der Waals surface area contributed by atoms with Crippen LogP contribution in [0.1, 0.15) is 105 Å². The maximum absolute atomic E-state index is 9.65. The number of aliphatic carboxylic acids is 4. The van der Waals surface area contributed by atoms with Gasteiger partial charge >= 0.3 is 0 Å². The second kappa shape index (κ2) is 34.1. The van der Waals surface area contributed by atoms with E-state index >= 15 is 0 Å². The number of hydrogen-bond acceptors (Lipinski definition) is 8. The van der Waals surface area contributed by atoms with Gasteiger partial charge in [-0.15, -0.1) is 0 Å². The molecular formula is C20H36IrO8-4. The Morgan fingerprint density at radius 2 is 0.586 bits per heavy atom. The van der Waals surface area contributed by atoms with Crippen molar-refractivity contribution in [3.05, 3.63) is 0 Å². The first-order chi connectivity index (χ1) is 13.1. The van der Waals surface area contributed by atoms with Gasteiger partial charge in [-0.05, 0) is 51.4 Å². The first-order valence-electron chi connectivity index (χ1n) is 9.88. The molecule has 0 aromatic rings. The fourth-order valence-electron chi connectivity index (χ4n) is 1.28.